The Labute approximate surface area is 172 Å². The number of carbonyl (C=O) groups excluding carboxylic acids is 1. The summed E-state index contributed by atoms with van der Waals surface area (Å²) in [6.07, 6.45) is 1.41. The van der Waals surface area contributed by atoms with E-state index in [9.17, 15) is 9.59 Å². The molecule has 3 aromatic carbocycles. The number of carbonyl (C=O) groups is 1. The molecule has 0 aliphatic rings. The quantitative estimate of drug-likeness (QED) is 0.460. The summed E-state index contributed by atoms with van der Waals surface area (Å²) in [7, 11) is -3.05. The highest BCUT2D eigenvalue weighted by Gasteiger charge is 2.49. The summed E-state index contributed by atoms with van der Waals surface area (Å²) in [6.45, 7) is 4.26. The lowest BCUT2D eigenvalue weighted by Crippen LogP contribution is -2.65. The molecule has 0 heterocycles. The maximum atomic E-state index is 12.2. The summed E-state index contributed by atoms with van der Waals surface area (Å²) in [6, 6.07) is 27.4. The number of hydrogen-bond acceptors (Lipinski definition) is 2. The van der Waals surface area contributed by atoms with Gasteiger partial charge in [0.15, 0.2) is 0 Å². The third-order valence-corrected chi connectivity index (χ3v) is 10.4. The first-order valence-electron chi connectivity index (χ1n) is 9.47. The van der Waals surface area contributed by atoms with E-state index in [0.29, 0.717) is 12.0 Å². The number of aryl methyl sites for hydroxylation is 1. The summed E-state index contributed by atoms with van der Waals surface area (Å²) in [5, 5.41) is 1.19. The number of rotatable bonds is 7. The Morgan fingerprint density at radius 3 is 1.82 bits per heavy atom. The van der Waals surface area contributed by atoms with Gasteiger partial charge in [-0.3, -0.25) is 4.79 Å². The van der Waals surface area contributed by atoms with Crippen molar-refractivity contribution in [3.05, 3.63) is 96.1 Å². The van der Waals surface area contributed by atoms with Crippen molar-refractivity contribution in [3.63, 3.8) is 0 Å². The van der Waals surface area contributed by atoms with Crippen molar-refractivity contribution in [1.29, 1.82) is 0 Å². The second kappa shape index (κ2) is 8.44. The molecule has 3 aromatic rings. The maximum Gasteiger partial charge on any atom is 0.258 e. The minimum atomic E-state index is -3.05. The molecule has 0 spiro atoms. The molecule has 1 N–H and O–H groups in total. The van der Waals surface area contributed by atoms with Gasteiger partial charge >= 0.3 is 0 Å². The predicted octanol–water partition coefficient (Wildman–Crippen LogP) is 4.53. The van der Waals surface area contributed by atoms with E-state index >= 15 is 0 Å². The van der Waals surface area contributed by atoms with Gasteiger partial charge in [-0.25, -0.2) is 0 Å². The van der Waals surface area contributed by atoms with Crippen LogP contribution in [0.25, 0.3) is 0 Å². The third-order valence-electron chi connectivity index (χ3n) is 5.61. The number of halogens is 1. The molecule has 4 heteroatoms. The highest BCUT2D eigenvalue weighted by atomic mass is 35.5. The molecule has 0 radical (unpaired) electrons. The van der Waals surface area contributed by atoms with Gasteiger partial charge in [0, 0.05) is 5.56 Å². The van der Waals surface area contributed by atoms with E-state index in [4.69, 9.17) is 11.6 Å². The second-order valence-corrected chi connectivity index (χ2v) is 12.0. The lowest BCUT2D eigenvalue weighted by Gasteiger charge is -2.41. The zero-order valence-electron chi connectivity index (χ0n) is 16.2. The number of hydrogen-bond donors (Lipinski definition) is 1. The Bertz CT molecular complexity index is 900. The van der Waals surface area contributed by atoms with E-state index < -0.39 is 13.6 Å². The first-order valence-corrected chi connectivity index (χ1v) is 11.8. The van der Waals surface area contributed by atoms with Crippen LogP contribution in [0, 0.1) is 0 Å². The van der Waals surface area contributed by atoms with Crippen LogP contribution in [0.3, 0.4) is 0 Å². The predicted molar refractivity (Wildman–Crippen MR) is 119 cm³/mol. The Balaban J connectivity index is 1.99. The monoisotopic (exact) mass is 408 g/mol. The molecule has 0 aliphatic heterocycles. The normalized spacial score (nSPS) is 12.0. The molecule has 28 heavy (non-hydrogen) atoms. The van der Waals surface area contributed by atoms with Crippen LogP contribution in [0.1, 0.15) is 36.2 Å². The minimum absolute atomic E-state index is 0.363. The third kappa shape index (κ3) is 3.97. The molecular weight excluding hydrogens is 384 g/mol. The molecule has 0 atom stereocenters. The lowest BCUT2D eigenvalue weighted by atomic mass is 9.98. The average molecular weight is 409 g/mol. The van der Waals surface area contributed by atoms with Gasteiger partial charge in [-0.05, 0) is 51.5 Å². The van der Waals surface area contributed by atoms with Crippen molar-refractivity contribution in [2.75, 3.05) is 0 Å². The van der Waals surface area contributed by atoms with E-state index in [0.717, 1.165) is 22.4 Å². The van der Waals surface area contributed by atoms with Crippen LogP contribution in [-0.2, 0) is 6.42 Å². The molecule has 0 fully saturated rings. The topological polar surface area (TPSA) is 37.3 Å². The zero-order valence-corrected chi connectivity index (χ0v) is 18.0. The van der Waals surface area contributed by atoms with Crippen LogP contribution in [0.2, 0.25) is 5.04 Å². The molecule has 2 nitrogen and oxygen atoms in total. The van der Waals surface area contributed by atoms with Crippen LogP contribution < -0.4 is 10.4 Å². The molecule has 3 rings (SSSR count). The molecule has 0 saturated heterocycles. The van der Waals surface area contributed by atoms with Gasteiger partial charge in [0.1, 0.15) is 0 Å². The lowest BCUT2D eigenvalue weighted by molar-refractivity contribution is 0.108. The summed E-state index contributed by atoms with van der Waals surface area (Å²) in [4.78, 5) is 23.9. The van der Waals surface area contributed by atoms with E-state index in [1.54, 1.807) is 6.07 Å². The molecule has 0 unspecified atom stereocenters. The molecule has 0 amide bonds. The Morgan fingerprint density at radius 1 is 0.857 bits per heavy atom. The minimum Gasteiger partial charge on any atom is -0.424 e. The van der Waals surface area contributed by atoms with Gasteiger partial charge in [-0.2, -0.15) is 0 Å². The Kier molecular flexibility index (Phi) is 6.19. The van der Waals surface area contributed by atoms with Crippen molar-refractivity contribution in [3.8, 4) is 0 Å². The first-order chi connectivity index (χ1) is 13.4. The van der Waals surface area contributed by atoms with Gasteiger partial charge in [-0.15, -0.1) is 0 Å². The van der Waals surface area contributed by atoms with E-state index in [1.165, 1.54) is 0 Å². The zero-order chi connectivity index (χ0) is 20.2. The molecule has 0 bridgehead atoms. The first kappa shape index (κ1) is 20.5. The summed E-state index contributed by atoms with van der Waals surface area (Å²) >= 11 is 5.76. The summed E-state index contributed by atoms with van der Waals surface area (Å²) in [5.74, 6) is 0. The van der Waals surface area contributed by atoms with Crippen LogP contribution in [0.4, 0.5) is 0 Å². The van der Waals surface area contributed by atoms with Gasteiger partial charge in [-0.1, -0.05) is 92.7 Å². The van der Waals surface area contributed by atoms with Crippen molar-refractivity contribution in [2.45, 2.75) is 31.7 Å². The molecule has 144 valence electrons. The van der Waals surface area contributed by atoms with E-state index in [1.807, 2.05) is 78.9 Å². The second-order valence-electron chi connectivity index (χ2n) is 7.76. The fourth-order valence-electron chi connectivity index (χ4n) is 3.86. The highest BCUT2D eigenvalue weighted by Crippen LogP contribution is 2.40. The smallest absolute Gasteiger partial charge is 0.258 e. The SMILES string of the molecule is CC(C)(CCc1ccccc1C(=O)Cl)[Si](O)(c1ccccc1)c1ccccc1. The standard InChI is InChI=1S/C24H25ClO2Si/c1-24(2,18-17-19-11-9-10-16-22(19)23(25)26)28(27,20-12-5-3-6-13-20)21-14-7-4-8-15-21/h3-16,27H,17-18H2,1-2H3. The van der Waals surface area contributed by atoms with Crippen molar-refractivity contribution in [1.82, 2.24) is 0 Å². The van der Waals surface area contributed by atoms with Gasteiger partial charge in [0.25, 0.3) is 13.6 Å². The summed E-state index contributed by atoms with van der Waals surface area (Å²) < 4.78 is 0. The Hall–Kier alpha value is -2.20. The van der Waals surface area contributed by atoms with Crippen LogP contribution >= 0.6 is 11.6 Å². The highest BCUT2D eigenvalue weighted by molar-refractivity contribution is 6.98. The summed E-state index contributed by atoms with van der Waals surface area (Å²) in [5.41, 5.74) is 1.47. The molecular formula is C24H25ClO2Si. The molecule has 0 saturated carbocycles. The fraction of sp³-hybridized carbons (Fsp3) is 0.208. The Morgan fingerprint density at radius 2 is 1.32 bits per heavy atom. The van der Waals surface area contributed by atoms with Gasteiger partial charge < -0.3 is 4.80 Å². The van der Waals surface area contributed by atoms with E-state index in [2.05, 4.69) is 13.8 Å². The fourth-order valence-corrected chi connectivity index (χ4v) is 7.78. The van der Waals surface area contributed by atoms with Gasteiger partial charge in [0.2, 0.25) is 0 Å². The molecule has 0 aliphatic carbocycles. The van der Waals surface area contributed by atoms with Crippen LogP contribution in [0.15, 0.2) is 84.9 Å². The van der Waals surface area contributed by atoms with Crippen molar-refractivity contribution >= 4 is 35.5 Å². The van der Waals surface area contributed by atoms with Crippen molar-refractivity contribution in [2.24, 2.45) is 0 Å². The van der Waals surface area contributed by atoms with Crippen LogP contribution in [-0.4, -0.2) is 18.4 Å². The van der Waals surface area contributed by atoms with Crippen molar-refractivity contribution < 1.29 is 9.59 Å². The molecule has 0 aromatic heterocycles. The largest absolute Gasteiger partial charge is 0.424 e. The number of benzene rings is 3. The van der Waals surface area contributed by atoms with Gasteiger partial charge in [0.05, 0.1) is 0 Å². The van der Waals surface area contributed by atoms with Crippen LogP contribution in [0.5, 0.6) is 0 Å². The average Bonchev–Trinajstić information content (AvgIpc) is 2.73. The maximum absolute atomic E-state index is 12.2. The van der Waals surface area contributed by atoms with E-state index in [-0.39, 0.29) is 5.04 Å².